The Labute approximate surface area is 71.3 Å². The van der Waals surface area contributed by atoms with E-state index in [0.717, 1.165) is 5.56 Å². The molecule has 0 saturated heterocycles. The second-order valence-corrected chi connectivity index (χ2v) is 2.12. The van der Waals surface area contributed by atoms with Gasteiger partial charge in [0.15, 0.2) is 0 Å². The van der Waals surface area contributed by atoms with E-state index in [4.69, 9.17) is 5.11 Å². The number of hydrogen-bond acceptors (Lipinski definition) is 1. The molecule has 60 valence electrons. The van der Waals surface area contributed by atoms with Gasteiger partial charge in [0.05, 0.1) is 5.56 Å². The first-order valence-corrected chi connectivity index (χ1v) is 3.01. The van der Waals surface area contributed by atoms with E-state index in [1.54, 1.807) is 25.1 Å². The summed E-state index contributed by atoms with van der Waals surface area (Å²) in [6.07, 6.45) is 0. The van der Waals surface area contributed by atoms with Crippen LogP contribution in [0.2, 0.25) is 0 Å². The molecule has 0 aromatic heterocycles. The van der Waals surface area contributed by atoms with E-state index in [1.165, 1.54) is 0 Å². The molecule has 1 rings (SSSR count). The summed E-state index contributed by atoms with van der Waals surface area (Å²) in [5.74, 6) is -0.863. The Morgan fingerprint density at radius 3 is 2.27 bits per heavy atom. The predicted octanol–water partition coefficient (Wildman–Crippen LogP) is 2.12. The van der Waals surface area contributed by atoms with Crippen molar-refractivity contribution in [3.05, 3.63) is 35.4 Å². The van der Waals surface area contributed by atoms with Gasteiger partial charge in [0.2, 0.25) is 0 Å². The molecule has 1 N–H and O–H groups in total. The van der Waals surface area contributed by atoms with E-state index in [9.17, 15) is 4.79 Å². The number of halogens is 1. The molecule has 3 heteroatoms. The Kier molecular flexibility index (Phi) is 3.61. The molecule has 0 radical (unpaired) electrons. The normalized spacial score (nSPS) is 8.45. The van der Waals surface area contributed by atoms with Crippen LogP contribution in [0.15, 0.2) is 24.3 Å². The van der Waals surface area contributed by atoms with Crippen LogP contribution in [0, 0.1) is 6.92 Å². The Bertz CT molecular complexity index is 258. The number of carboxylic acid groups (broad SMARTS) is 1. The molecule has 0 aliphatic heterocycles. The average molecular weight is 173 g/mol. The third kappa shape index (κ3) is 2.24. The maximum absolute atomic E-state index is 10.4. The van der Waals surface area contributed by atoms with Crippen LogP contribution < -0.4 is 0 Å². The summed E-state index contributed by atoms with van der Waals surface area (Å²) in [5.41, 5.74) is 1.18. The van der Waals surface area contributed by atoms with Crippen molar-refractivity contribution in [1.82, 2.24) is 0 Å². The summed E-state index contributed by atoms with van der Waals surface area (Å²) >= 11 is 0. The molecule has 0 atom stereocenters. The Balaban J connectivity index is 0.000001000. The first-order chi connectivity index (χ1) is 4.72. The van der Waals surface area contributed by atoms with Crippen molar-refractivity contribution < 1.29 is 9.90 Å². The van der Waals surface area contributed by atoms with E-state index in [0.29, 0.717) is 5.56 Å². The van der Waals surface area contributed by atoms with Crippen molar-refractivity contribution in [2.75, 3.05) is 0 Å². The van der Waals surface area contributed by atoms with E-state index >= 15 is 0 Å². The fraction of sp³-hybridized carbons (Fsp3) is 0.125. The number of aryl methyl sites for hydroxylation is 1. The molecule has 0 bridgehead atoms. The fourth-order valence-corrected chi connectivity index (χ4v) is 0.813. The van der Waals surface area contributed by atoms with Gasteiger partial charge in [0.25, 0.3) is 0 Å². The zero-order chi connectivity index (χ0) is 7.56. The molecule has 2 nitrogen and oxygen atoms in total. The van der Waals surface area contributed by atoms with Crippen LogP contribution in [0.3, 0.4) is 0 Å². The van der Waals surface area contributed by atoms with Crippen LogP contribution in [-0.4, -0.2) is 11.1 Å². The molecule has 1 aromatic carbocycles. The van der Waals surface area contributed by atoms with Gasteiger partial charge in [-0.15, -0.1) is 12.4 Å². The molecule has 0 unspecified atom stereocenters. The van der Waals surface area contributed by atoms with Crippen LogP contribution in [-0.2, 0) is 0 Å². The molecule has 0 fully saturated rings. The van der Waals surface area contributed by atoms with Crippen molar-refractivity contribution in [2.45, 2.75) is 6.92 Å². The highest BCUT2D eigenvalue weighted by Crippen LogP contribution is 2.05. The van der Waals surface area contributed by atoms with Crippen molar-refractivity contribution in [3.8, 4) is 0 Å². The smallest absolute Gasteiger partial charge is 0.335 e. The van der Waals surface area contributed by atoms with Crippen LogP contribution in [0.1, 0.15) is 15.9 Å². The number of carboxylic acids is 1. The van der Waals surface area contributed by atoms with Gasteiger partial charge in [-0.2, -0.15) is 0 Å². The summed E-state index contributed by atoms with van der Waals surface area (Å²) in [6.45, 7) is 1.78. The maximum atomic E-state index is 10.4. The third-order valence-corrected chi connectivity index (χ3v) is 1.38. The van der Waals surface area contributed by atoms with Crippen molar-refractivity contribution >= 4 is 18.4 Å². The molecular formula is C8H9ClO2. The fourth-order valence-electron chi connectivity index (χ4n) is 0.813. The minimum Gasteiger partial charge on any atom is -0.478 e. The number of hydrogen-bond donors (Lipinski definition) is 1. The van der Waals surface area contributed by atoms with Crippen LogP contribution in [0.5, 0.6) is 0 Å². The molecule has 0 saturated carbocycles. The molecule has 1 aromatic rings. The topological polar surface area (TPSA) is 37.3 Å². The molecule has 0 spiro atoms. The second-order valence-electron chi connectivity index (χ2n) is 2.12. The van der Waals surface area contributed by atoms with Crippen molar-refractivity contribution in [1.29, 1.82) is 0 Å². The highest BCUT2D eigenvalue weighted by Gasteiger charge is 2.02. The van der Waals surface area contributed by atoms with Gasteiger partial charge >= 0.3 is 5.97 Å². The summed E-state index contributed by atoms with van der Waals surface area (Å²) < 4.78 is 0. The highest BCUT2D eigenvalue weighted by atomic mass is 35.5. The summed E-state index contributed by atoms with van der Waals surface area (Å²) in [6, 6.07) is 6.92. The van der Waals surface area contributed by atoms with Crippen LogP contribution >= 0.6 is 12.4 Å². The van der Waals surface area contributed by atoms with Crippen LogP contribution in [0.25, 0.3) is 0 Å². The monoisotopic (exact) mass is 172 g/mol. The first-order valence-electron chi connectivity index (χ1n) is 3.01. The van der Waals surface area contributed by atoms with Crippen molar-refractivity contribution in [3.63, 3.8) is 0 Å². The SMILES string of the molecule is Cc1ccccc1C(=O)O.Cl. The molecule has 0 amide bonds. The lowest BCUT2D eigenvalue weighted by Crippen LogP contribution is -1.97. The van der Waals surface area contributed by atoms with Gasteiger partial charge in [0, 0.05) is 0 Å². The minimum absolute atomic E-state index is 0. The maximum Gasteiger partial charge on any atom is 0.335 e. The van der Waals surface area contributed by atoms with E-state index in [2.05, 4.69) is 0 Å². The lowest BCUT2D eigenvalue weighted by Gasteiger charge is -1.96. The van der Waals surface area contributed by atoms with Gasteiger partial charge in [-0.25, -0.2) is 4.79 Å². The number of rotatable bonds is 1. The first kappa shape index (κ1) is 9.98. The molecular weight excluding hydrogens is 164 g/mol. The summed E-state index contributed by atoms with van der Waals surface area (Å²) in [5, 5.41) is 8.57. The lowest BCUT2D eigenvalue weighted by molar-refractivity contribution is 0.0696. The van der Waals surface area contributed by atoms with Gasteiger partial charge in [-0.3, -0.25) is 0 Å². The Morgan fingerprint density at radius 1 is 1.36 bits per heavy atom. The zero-order valence-electron chi connectivity index (χ0n) is 6.07. The number of aromatic carboxylic acids is 1. The Morgan fingerprint density at radius 2 is 1.91 bits per heavy atom. The molecule has 0 aliphatic rings. The predicted molar refractivity (Wildman–Crippen MR) is 45.4 cm³/mol. The quantitative estimate of drug-likeness (QED) is 0.705. The standard InChI is InChI=1S/C8H8O2.ClH/c1-6-4-2-3-5-7(6)8(9)10;/h2-5H,1H3,(H,9,10);1H. The zero-order valence-corrected chi connectivity index (χ0v) is 6.89. The largest absolute Gasteiger partial charge is 0.478 e. The molecule has 11 heavy (non-hydrogen) atoms. The van der Waals surface area contributed by atoms with Gasteiger partial charge < -0.3 is 5.11 Å². The third-order valence-electron chi connectivity index (χ3n) is 1.38. The van der Waals surface area contributed by atoms with Gasteiger partial charge in [-0.1, -0.05) is 18.2 Å². The van der Waals surface area contributed by atoms with E-state index in [-0.39, 0.29) is 12.4 Å². The van der Waals surface area contributed by atoms with Gasteiger partial charge in [0.1, 0.15) is 0 Å². The van der Waals surface area contributed by atoms with E-state index in [1.807, 2.05) is 6.07 Å². The molecule has 0 aliphatic carbocycles. The average Bonchev–Trinajstić information content (AvgIpc) is 1.88. The number of carbonyl (C=O) groups is 1. The van der Waals surface area contributed by atoms with Crippen LogP contribution in [0.4, 0.5) is 0 Å². The number of benzene rings is 1. The summed E-state index contributed by atoms with van der Waals surface area (Å²) in [7, 11) is 0. The second kappa shape index (κ2) is 3.98. The van der Waals surface area contributed by atoms with Crippen molar-refractivity contribution in [2.24, 2.45) is 0 Å². The lowest BCUT2D eigenvalue weighted by atomic mass is 10.1. The summed E-state index contributed by atoms with van der Waals surface area (Å²) in [4.78, 5) is 10.4. The molecule has 0 heterocycles. The Hall–Kier alpha value is -1.02. The van der Waals surface area contributed by atoms with E-state index < -0.39 is 5.97 Å². The van der Waals surface area contributed by atoms with Gasteiger partial charge in [-0.05, 0) is 18.6 Å². The highest BCUT2D eigenvalue weighted by molar-refractivity contribution is 5.89. The minimum atomic E-state index is -0.863.